The van der Waals surface area contributed by atoms with Gasteiger partial charge < -0.3 is 25.1 Å². The minimum atomic E-state index is -0.669. The Morgan fingerprint density at radius 2 is 1.56 bits per heavy atom. The highest BCUT2D eigenvalue weighted by atomic mass is 35.5. The summed E-state index contributed by atoms with van der Waals surface area (Å²) < 4.78 is 18.3. The summed E-state index contributed by atoms with van der Waals surface area (Å²) >= 11 is 6.61. The molecular formula is C31H34BClN2O4. The highest BCUT2D eigenvalue weighted by Crippen LogP contribution is 2.44. The molecule has 0 radical (unpaired) electrons. The summed E-state index contributed by atoms with van der Waals surface area (Å²) in [6.07, 6.45) is 1.37. The molecule has 0 aromatic heterocycles. The van der Waals surface area contributed by atoms with Gasteiger partial charge in [-0.2, -0.15) is 0 Å². The van der Waals surface area contributed by atoms with E-state index in [1.807, 2.05) is 77.1 Å². The Bertz CT molecular complexity index is 1390. The Kier molecular flexibility index (Phi) is 7.27. The Balaban J connectivity index is 1.33. The van der Waals surface area contributed by atoms with Crippen molar-refractivity contribution in [2.75, 3.05) is 18.9 Å². The molecule has 0 bridgehead atoms. The molecule has 1 saturated heterocycles. The fraction of sp³-hybridized carbons (Fsp3) is 0.323. The van der Waals surface area contributed by atoms with E-state index in [4.69, 9.17) is 31.4 Å². The van der Waals surface area contributed by atoms with Crippen LogP contribution in [0, 0.1) is 6.92 Å². The third-order valence-corrected chi connectivity index (χ3v) is 8.64. The summed E-state index contributed by atoms with van der Waals surface area (Å²) in [6, 6.07) is 20.2. The van der Waals surface area contributed by atoms with Crippen LogP contribution in [0.3, 0.4) is 0 Å². The van der Waals surface area contributed by atoms with E-state index in [1.54, 1.807) is 0 Å². The van der Waals surface area contributed by atoms with Crippen LogP contribution in [0.15, 0.2) is 66.1 Å². The molecule has 1 aliphatic heterocycles. The number of alkyl carbamates (subject to hydrolysis) is 1. The zero-order chi connectivity index (χ0) is 27.9. The number of rotatable bonds is 6. The number of hydrogen-bond donors (Lipinski definition) is 2. The lowest BCUT2D eigenvalue weighted by atomic mass is 9.77. The van der Waals surface area contributed by atoms with Crippen LogP contribution in [0.1, 0.15) is 55.9 Å². The Hall–Kier alpha value is -3.26. The monoisotopic (exact) mass is 544 g/mol. The van der Waals surface area contributed by atoms with E-state index >= 15 is 0 Å². The molecule has 3 N–H and O–H groups in total. The first-order valence-electron chi connectivity index (χ1n) is 13.2. The van der Waals surface area contributed by atoms with E-state index in [1.165, 1.54) is 11.1 Å². The number of carbonyl (C=O) groups excluding carboxylic acids is 1. The third-order valence-electron chi connectivity index (χ3n) is 8.14. The lowest BCUT2D eigenvalue weighted by Gasteiger charge is -2.32. The van der Waals surface area contributed by atoms with Crippen molar-refractivity contribution in [2.45, 2.75) is 51.7 Å². The Morgan fingerprint density at radius 3 is 2.15 bits per heavy atom. The molecule has 202 valence electrons. The molecule has 2 aliphatic rings. The van der Waals surface area contributed by atoms with Crippen LogP contribution in [-0.2, 0) is 14.0 Å². The quantitative estimate of drug-likeness (QED) is 0.264. The predicted octanol–water partition coefficient (Wildman–Crippen LogP) is 6.78. The van der Waals surface area contributed by atoms with Gasteiger partial charge in [0.25, 0.3) is 0 Å². The third kappa shape index (κ3) is 5.19. The summed E-state index contributed by atoms with van der Waals surface area (Å²) in [7, 11) is -0.669. The van der Waals surface area contributed by atoms with Crippen LogP contribution in [-0.4, -0.2) is 37.6 Å². The van der Waals surface area contributed by atoms with Gasteiger partial charge in [-0.1, -0.05) is 72.3 Å². The molecule has 0 atom stereocenters. The van der Waals surface area contributed by atoms with Crippen LogP contribution >= 0.6 is 11.6 Å². The van der Waals surface area contributed by atoms with Crippen LogP contribution in [0.2, 0.25) is 5.02 Å². The average Bonchev–Trinajstić information content (AvgIpc) is 3.34. The second-order valence-electron chi connectivity index (χ2n) is 11.2. The van der Waals surface area contributed by atoms with Crippen molar-refractivity contribution in [2.24, 2.45) is 0 Å². The van der Waals surface area contributed by atoms with Crippen LogP contribution in [0.4, 0.5) is 10.5 Å². The van der Waals surface area contributed by atoms with Gasteiger partial charge in [0.2, 0.25) is 0 Å². The van der Waals surface area contributed by atoms with E-state index in [-0.39, 0.29) is 19.1 Å². The molecule has 3 aromatic rings. The van der Waals surface area contributed by atoms with Crippen molar-refractivity contribution in [3.63, 3.8) is 0 Å². The van der Waals surface area contributed by atoms with Crippen molar-refractivity contribution in [1.82, 2.24) is 5.32 Å². The topological polar surface area (TPSA) is 82.8 Å². The number of halogens is 1. The summed E-state index contributed by atoms with van der Waals surface area (Å²) in [6.45, 7) is 10.2. The second kappa shape index (κ2) is 10.4. The first-order valence-corrected chi connectivity index (χ1v) is 13.6. The van der Waals surface area contributed by atoms with Crippen LogP contribution in [0.5, 0.6) is 0 Å². The first kappa shape index (κ1) is 27.3. The molecule has 3 aromatic carbocycles. The molecule has 1 fully saturated rings. The molecule has 5 rings (SSSR count). The number of benzene rings is 3. The van der Waals surface area contributed by atoms with Gasteiger partial charge in [-0.05, 0) is 79.5 Å². The van der Waals surface area contributed by atoms with Gasteiger partial charge in [0.05, 0.1) is 16.2 Å². The first-order chi connectivity index (χ1) is 18.5. The van der Waals surface area contributed by atoms with Crippen molar-refractivity contribution in [3.05, 3.63) is 93.4 Å². The maximum absolute atomic E-state index is 12.9. The highest BCUT2D eigenvalue weighted by Gasteiger charge is 2.52. The predicted molar refractivity (Wildman–Crippen MR) is 158 cm³/mol. The maximum atomic E-state index is 12.9. The van der Waals surface area contributed by atoms with Gasteiger partial charge in [-0.3, -0.25) is 0 Å². The number of ether oxygens (including phenoxy) is 1. The molecule has 1 amide bonds. The van der Waals surface area contributed by atoms with Crippen LogP contribution < -0.4 is 11.1 Å². The number of hydrogen-bond acceptors (Lipinski definition) is 5. The van der Waals surface area contributed by atoms with Gasteiger partial charge >= 0.3 is 13.2 Å². The molecule has 1 aliphatic carbocycles. The van der Waals surface area contributed by atoms with E-state index in [0.29, 0.717) is 16.2 Å². The van der Waals surface area contributed by atoms with Gasteiger partial charge in [0, 0.05) is 18.2 Å². The fourth-order valence-electron chi connectivity index (χ4n) is 5.05. The number of carbonyl (C=O) groups is 1. The summed E-state index contributed by atoms with van der Waals surface area (Å²) in [5.74, 6) is -0.0159. The second-order valence-corrected chi connectivity index (χ2v) is 11.5. The van der Waals surface area contributed by atoms with Crippen molar-refractivity contribution in [1.29, 1.82) is 0 Å². The molecule has 39 heavy (non-hydrogen) atoms. The van der Waals surface area contributed by atoms with Gasteiger partial charge in [-0.25, -0.2) is 4.79 Å². The molecule has 0 saturated carbocycles. The van der Waals surface area contributed by atoms with E-state index < -0.39 is 24.4 Å². The Labute approximate surface area is 235 Å². The number of nitrogen functional groups attached to an aromatic ring is 1. The zero-order valence-corrected chi connectivity index (χ0v) is 23.8. The van der Waals surface area contributed by atoms with E-state index in [2.05, 4.69) is 29.6 Å². The minimum absolute atomic E-state index is 0.0159. The molecule has 0 spiro atoms. The van der Waals surface area contributed by atoms with Crippen molar-refractivity contribution >= 4 is 36.6 Å². The van der Waals surface area contributed by atoms with Gasteiger partial charge in [-0.15, -0.1) is 0 Å². The number of amides is 1. The van der Waals surface area contributed by atoms with E-state index in [0.717, 1.165) is 22.3 Å². The van der Waals surface area contributed by atoms with Gasteiger partial charge in [0.15, 0.2) is 0 Å². The number of nitrogens with one attached hydrogen (secondary N) is 1. The molecular weight excluding hydrogens is 511 g/mol. The summed E-state index contributed by atoms with van der Waals surface area (Å²) in [5, 5.41) is 3.44. The number of anilines is 1. The summed E-state index contributed by atoms with van der Waals surface area (Å²) in [4.78, 5) is 12.9. The normalized spacial score (nSPS) is 17.6. The van der Waals surface area contributed by atoms with E-state index in [9.17, 15) is 4.79 Å². The fourth-order valence-corrected chi connectivity index (χ4v) is 5.28. The van der Waals surface area contributed by atoms with Crippen LogP contribution in [0.25, 0.3) is 17.2 Å². The Morgan fingerprint density at radius 1 is 1.00 bits per heavy atom. The van der Waals surface area contributed by atoms with Crippen molar-refractivity contribution < 1.29 is 18.8 Å². The van der Waals surface area contributed by atoms with Crippen molar-refractivity contribution in [3.8, 4) is 11.1 Å². The van der Waals surface area contributed by atoms with Gasteiger partial charge in [0.1, 0.15) is 6.61 Å². The SMILES string of the molecule is Cc1c(N)ccc(C=C(CNC(=O)OCC2c3ccccc3-c3ccccc32)B2OC(C)(C)C(C)(C)O2)c1Cl. The lowest BCUT2D eigenvalue weighted by Crippen LogP contribution is -2.41. The minimum Gasteiger partial charge on any atom is -0.449 e. The molecule has 1 heterocycles. The highest BCUT2D eigenvalue weighted by molar-refractivity contribution is 6.56. The lowest BCUT2D eigenvalue weighted by molar-refractivity contribution is 0.00578. The molecule has 0 unspecified atom stereocenters. The number of fused-ring (bicyclic) bond motifs is 3. The number of nitrogens with two attached hydrogens (primary N) is 1. The summed E-state index contributed by atoms with van der Waals surface area (Å²) in [5.41, 5.74) is 12.5. The standard InChI is InChI=1S/C31H34BClN2O4/c1-19-27(34)15-14-20(28(19)33)16-21(32-38-30(2,3)31(4,5)39-32)17-35-29(36)37-18-26-24-12-8-6-10-22(24)23-11-7-9-13-25(23)26/h6-16,26H,17-18,34H2,1-5H3,(H,35,36). The molecule has 6 nitrogen and oxygen atoms in total. The largest absolute Gasteiger partial charge is 0.492 e. The maximum Gasteiger partial charge on any atom is 0.492 e. The molecule has 8 heteroatoms. The smallest absolute Gasteiger partial charge is 0.449 e. The average molecular weight is 545 g/mol. The zero-order valence-electron chi connectivity index (χ0n) is 23.0.